The van der Waals surface area contributed by atoms with Crippen molar-refractivity contribution in [3.8, 4) is 0 Å². The fourth-order valence-electron chi connectivity index (χ4n) is 2.81. The SMILES string of the molecule is Cc1cccc(CNC[C@H](O)[C@H](Cc2ccccc2)NC(=O)O)c1C. The van der Waals surface area contributed by atoms with E-state index in [1.165, 1.54) is 16.7 Å². The topological polar surface area (TPSA) is 81.6 Å². The number of rotatable bonds is 8. The minimum Gasteiger partial charge on any atom is -0.465 e. The first-order valence-electron chi connectivity index (χ1n) is 8.44. The number of amides is 1. The van der Waals surface area contributed by atoms with E-state index in [1.54, 1.807) is 0 Å². The summed E-state index contributed by atoms with van der Waals surface area (Å²) in [5.74, 6) is 0. The van der Waals surface area contributed by atoms with Crippen LogP contribution in [0.4, 0.5) is 4.79 Å². The molecule has 0 saturated heterocycles. The molecule has 2 atom stereocenters. The van der Waals surface area contributed by atoms with Crippen LogP contribution in [-0.2, 0) is 13.0 Å². The average Bonchev–Trinajstić information content (AvgIpc) is 2.58. The number of hydrogen-bond acceptors (Lipinski definition) is 3. The van der Waals surface area contributed by atoms with Gasteiger partial charge in [-0.3, -0.25) is 0 Å². The molecule has 2 aromatic carbocycles. The lowest BCUT2D eigenvalue weighted by atomic mass is 10.0. The maximum absolute atomic E-state index is 11.0. The molecule has 0 aliphatic rings. The van der Waals surface area contributed by atoms with Crippen molar-refractivity contribution in [2.75, 3.05) is 6.54 Å². The number of aliphatic hydroxyl groups is 1. The van der Waals surface area contributed by atoms with E-state index in [1.807, 2.05) is 36.4 Å². The van der Waals surface area contributed by atoms with Gasteiger partial charge < -0.3 is 20.8 Å². The molecule has 0 aliphatic heterocycles. The minimum atomic E-state index is -1.13. The van der Waals surface area contributed by atoms with Crippen LogP contribution in [0.15, 0.2) is 48.5 Å². The maximum Gasteiger partial charge on any atom is 0.404 e. The van der Waals surface area contributed by atoms with Crippen molar-refractivity contribution in [3.63, 3.8) is 0 Å². The summed E-state index contributed by atoms with van der Waals surface area (Å²) in [6.07, 6.45) is -1.50. The van der Waals surface area contributed by atoms with Gasteiger partial charge in [0.2, 0.25) is 0 Å². The van der Waals surface area contributed by atoms with Gasteiger partial charge in [0.1, 0.15) is 0 Å². The third-order valence-electron chi connectivity index (χ3n) is 4.46. The van der Waals surface area contributed by atoms with E-state index in [2.05, 4.69) is 36.6 Å². The van der Waals surface area contributed by atoms with Gasteiger partial charge in [0.05, 0.1) is 12.1 Å². The third-order valence-corrected chi connectivity index (χ3v) is 4.46. The predicted octanol–water partition coefficient (Wildman–Crippen LogP) is 2.63. The van der Waals surface area contributed by atoms with E-state index < -0.39 is 18.2 Å². The van der Waals surface area contributed by atoms with Gasteiger partial charge in [-0.1, -0.05) is 48.5 Å². The first-order chi connectivity index (χ1) is 12.0. The molecule has 0 heterocycles. The normalized spacial score (nSPS) is 13.2. The molecule has 0 aromatic heterocycles. The van der Waals surface area contributed by atoms with Crippen LogP contribution in [0.1, 0.15) is 22.3 Å². The monoisotopic (exact) mass is 342 g/mol. The molecule has 5 nitrogen and oxygen atoms in total. The van der Waals surface area contributed by atoms with Crippen molar-refractivity contribution in [1.82, 2.24) is 10.6 Å². The molecule has 0 saturated carbocycles. The van der Waals surface area contributed by atoms with Gasteiger partial charge in [0.15, 0.2) is 0 Å². The molecule has 4 N–H and O–H groups in total. The highest BCUT2D eigenvalue weighted by atomic mass is 16.4. The number of nitrogens with one attached hydrogen (secondary N) is 2. The largest absolute Gasteiger partial charge is 0.465 e. The van der Waals surface area contributed by atoms with E-state index in [0.717, 1.165) is 5.56 Å². The molecular formula is C20H26N2O3. The van der Waals surface area contributed by atoms with Crippen LogP contribution < -0.4 is 10.6 Å². The molecule has 0 unspecified atom stereocenters. The summed E-state index contributed by atoms with van der Waals surface area (Å²) in [6.45, 7) is 5.09. The Balaban J connectivity index is 1.93. The van der Waals surface area contributed by atoms with E-state index >= 15 is 0 Å². The van der Waals surface area contributed by atoms with Crippen LogP contribution in [0.5, 0.6) is 0 Å². The molecule has 134 valence electrons. The Morgan fingerprint density at radius 2 is 1.80 bits per heavy atom. The molecule has 0 bridgehead atoms. The van der Waals surface area contributed by atoms with Gasteiger partial charge >= 0.3 is 6.09 Å². The fraction of sp³-hybridized carbons (Fsp3) is 0.350. The Morgan fingerprint density at radius 3 is 2.48 bits per heavy atom. The van der Waals surface area contributed by atoms with E-state index in [0.29, 0.717) is 19.5 Å². The van der Waals surface area contributed by atoms with Gasteiger partial charge in [0.25, 0.3) is 0 Å². The van der Waals surface area contributed by atoms with Crippen LogP contribution in [0.3, 0.4) is 0 Å². The predicted molar refractivity (Wildman–Crippen MR) is 98.7 cm³/mol. The summed E-state index contributed by atoms with van der Waals surface area (Å²) in [6, 6.07) is 15.1. The van der Waals surface area contributed by atoms with Gasteiger partial charge in [-0.05, 0) is 42.5 Å². The molecule has 2 aromatic rings. The van der Waals surface area contributed by atoms with Crippen molar-refractivity contribution >= 4 is 6.09 Å². The van der Waals surface area contributed by atoms with Gasteiger partial charge in [-0.25, -0.2) is 4.79 Å². The van der Waals surface area contributed by atoms with Gasteiger partial charge in [0, 0.05) is 13.1 Å². The zero-order valence-corrected chi connectivity index (χ0v) is 14.7. The lowest BCUT2D eigenvalue weighted by Gasteiger charge is -2.23. The second-order valence-corrected chi connectivity index (χ2v) is 6.30. The third kappa shape index (κ3) is 5.89. The molecule has 0 aliphatic carbocycles. The van der Waals surface area contributed by atoms with Gasteiger partial charge in [-0.15, -0.1) is 0 Å². The number of benzene rings is 2. The van der Waals surface area contributed by atoms with E-state index in [9.17, 15) is 9.90 Å². The molecule has 0 spiro atoms. The van der Waals surface area contributed by atoms with Crippen molar-refractivity contribution < 1.29 is 15.0 Å². The molecular weight excluding hydrogens is 316 g/mol. The Hall–Kier alpha value is -2.37. The summed E-state index contributed by atoms with van der Waals surface area (Å²) in [4.78, 5) is 11.0. The second-order valence-electron chi connectivity index (χ2n) is 6.30. The zero-order valence-electron chi connectivity index (χ0n) is 14.7. The summed E-state index contributed by atoms with van der Waals surface area (Å²) < 4.78 is 0. The quantitative estimate of drug-likeness (QED) is 0.594. The average molecular weight is 342 g/mol. The summed E-state index contributed by atoms with van der Waals surface area (Å²) >= 11 is 0. The van der Waals surface area contributed by atoms with E-state index in [-0.39, 0.29) is 0 Å². The van der Waals surface area contributed by atoms with Crippen molar-refractivity contribution in [3.05, 3.63) is 70.8 Å². The number of carboxylic acid groups (broad SMARTS) is 1. The number of carbonyl (C=O) groups is 1. The van der Waals surface area contributed by atoms with Crippen molar-refractivity contribution in [2.45, 2.75) is 39.0 Å². The highest BCUT2D eigenvalue weighted by molar-refractivity contribution is 5.65. The molecule has 5 heteroatoms. The molecule has 0 radical (unpaired) electrons. The van der Waals surface area contributed by atoms with Crippen molar-refractivity contribution in [2.24, 2.45) is 0 Å². The fourth-order valence-corrected chi connectivity index (χ4v) is 2.81. The van der Waals surface area contributed by atoms with E-state index in [4.69, 9.17) is 5.11 Å². The lowest BCUT2D eigenvalue weighted by molar-refractivity contribution is 0.117. The van der Waals surface area contributed by atoms with Crippen LogP contribution in [0, 0.1) is 13.8 Å². The number of aliphatic hydroxyl groups excluding tert-OH is 1. The molecule has 1 amide bonds. The highest BCUT2D eigenvalue weighted by Gasteiger charge is 2.21. The first kappa shape index (κ1) is 19.0. The highest BCUT2D eigenvalue weighted by Crippen LogP contribution is 2.12. The standard InChI is InChI=1S/C20H26N2O3/c1-14-7-6-10-17(15(14)2)12-21-13-19(23)18(22-20(24)25)11-16-8-4-3-5-9-16/h3-10,18-19,21-23H,11-13H2,1-2H3,(H,24,25)/t18-,19-/m0/s1. The number of aryl methyl sites for hydroxylation is 1. The second kappa shape index (κ2) is 9.20. The molecule has 2 rings (SSSR count). The van der Waals surface area contributed by atoms with Crippen LogP contribution in [0.25, 0.3) is 0 Å². The lowest BCUT2D eigenvalue weighted by Crippen LogP contribution is -2.48. The van der Waals surface area contributed by atoms with Gasteiger partial charge in [-0.2, -0.15) is 0 Å². The maximum atomic E-state index is 11.0. The van der Waals surface area contributed by atoms with Crippen LogP contribution in [0.2, 0.25) is 0 Å². The Kier molecular flexibility index (Phi) is 6.98. The summed E-state index contributed by atoms with van der Waals surface area (Å²) in [7, 11) is 0. The Morgan fingerprint density at radius 1 is 1.08 bits per heavy atom. The summed E-state index contributed by atoms with van der Waals surface area (Å²) in [5, 5.41) is 25.1. The number of hydrogen-bond donors (Lipinski definition) is 4. The minimum absolute atomic E-state index is 0.311. The zero-order chi connectivity index (χ0) is 18.2. The van der Waals surface area contributed by atoms with Crippen LogP contribution in [-0.4, -0.2) is 35.0 Å². The molecule has 0 fully saturated rings. The molecule has 25 heavy (non-hydrogen) atoms. The Labute approximate surface area is 148 Å². The summed E-state index contributed by atoms with van der Waals surface area (Å²) in [5.41, 5.74) is 4.62. The Bertz CT molecular complexity index is 689. The van der Waals surface area contributed by atoms with Crippen molar-refractivity contribution in [1.29, 1.82) is 0 Å². The first-order valence-corrected chi connectivity index (χ1v) is 8.44. The smallest absolute Gasteiger partial charge is 0.404 e. The van der Waals surface area contributed by atoms with Crippen LogP contribution >= 0.6 is 0 Å².